The number of likely N-dealkylation sites (tertiary alicyclic amines) is 1. The summed E-state index contributed by atoms with van der Waals surface area (Å²) in [5.74, 6) is -1.25. The van der Waals surface area contributed by atoms with Gasteiger partial charge in [-0.15, -0.1) is 10.2 Å². The molecule has 0 radical (unpaired) electrons. The van der Waals surface area contributed by atoms with Gasteiger partial charge in [-0.25, -0.2) is 0 Å². The van der Waals surface area contributed by atoms with Gasteiger partial charge in [0.05, 0.1) is 17.2 Å². The number of amides is 5. The first-order valence-electron chi connectivity index (χ1n) is 18.3. The van der Waals surface area contributed by atoms with E-state index in [-0.39, 0.29) is 24.4 Å². The normalized spacial score (nSPS) is 23.9. The number of carbonyl (C=O) groups excluding carboxylic acids is 5. The van der Waals surface area contributed by atoms with E-state index in [0.29, 0.717) is 48.4 Å². The van der Waals surface area contributed by atoms with Gasteiger partial charge in [0.25, 0.3) is 17.7 Å². The molecule has 2 unspecified atom stereocenters. The smallest absolute Gasteiger partial charge is 0.273 e. The summed E-state index contributed by atoms with van der Waals surface area (Å²) in [6, 6.07) is 12.5. The lowest BCUT2D eigenvalue weighted by atomic mass is 9.89. The van der Waals surface area contributed by atoms with Crippen LogP contribution < -0.4 is 26.2 Å². The number of carbonyl (C=O) groups is 5. The molecular formula is C37H42N10O6. The zero-order chi connectivity index (χ0) is 36.8. The third kappa shape index (κ3) is 6.91. The SMILES string of the molecule is NC(=O)c1nnc(N2CC[C@@H](O)C2)nc1Nc1ccc(C2CCN(CC3CCN(c4ccc5c(c4)C(=O)N(C4CCC(=O)NC4=O)C5=O)C3)CC2)cc1. The Kier molecular flexibility index (Phi) is 9.24. The van der Waals surface area contributed by atoms with Gasteiger partial charge in [-0.05, 0) is 92.9 Å². The van der Waals surface area contributed by atoms with Crippen LogP contribution in [0.2, 0.25) is 0 Å². The van der Waals surface area contributed by atoms with Crippen molar-refractivity contribution in [2.75, 3.05) is 60.9 Å². The largest absolute Gasteiger partial charge is 0.391 e. The third-order valence-electron chi connectivity index (χ3n) is 11.2. The number of aromatic nitrogens is 3. The number of fused-ring (bicyclic) bond motifs is 1. The van der Waals surface area contributed by atoms with Crippen LogP contribution in [0.3, 0.4) is 0 Å². The second-order valence-electron chi connectivity index (χ2n) is 14.7. The van der Waals surface area contributed by atoms with Gasteiger partial charge in [0.15, 0.2) is 11.5 Å². The molecule has 5 aliphatic heterocycles. The minimum absolute atomic E-state index is 0.0486. The van der Waals surface area contributed by atoms with Crippen molar-refractivity contribution in [1.82, 2.24) is 30.3 Å². The van der Waals surface area contributed by atoms with E-state index in [2.05, 4.69) is 47.7 Å². The van der Waals surface area contributed by atoms with Gasteiger partial charge >= 0.3 is 0 Å². The molecule has 0 spiro atoms. The van der Waals surface area contributed by atoms with Crippen LogP contribution in [0.4, 0.5) is 23.1 Å². The summed E-state index contributed by atoms with van der Waals surface area (Å²) in [7, 11) is 0. The monoisotopic (exact) mass is 722 g/mol. The molecule has 1 aromatic heterocycles. The Bertz CT molecular complexity index is 1970. The van der Waals surface area contributed by atoms with E-state index in [1.807, 2.05) is 23.1 Å². The van der Waals surface area contributed by atoms with Crippen LogP contribution in [-0.4, -0.2) is 118 Å². The van der Waals surface area contributed by atoms with E-state index >= 15 is 0 Å². The number of β-amino-alcohol motifs (C(OH)–C–C–N with tert-alkyl or cyclic N) is 1. The van der Waals surface area contributed by atoms with Crippen molar-refractivity contribution >= 4 is 52.7 Å². The number of piperidine rings is 2. The highest BCUT2D eigenvalue weighted by Crippen LogP contribution is 2.34. The van der Waals surface area contributed by atoms with Crippen LogP contribution >= 0.6 is 0 Å². The number of aliphatic hydroxyl groups excluding tert-OH is 1. The molecule has 4 fully saturated rings. The van der Waals surface area contributed by atoms with Gasteiger partial charge in [-0.3, -0.25) is 34.2 Å². The Labute approximate surface area is 305 Å². The van der Waals surface area contributed by atoms with Gasteiger partial charge in [0.1, 0.15) is 6.04 Å². The summed E-state index contributed by atoms with van der Waals surface area (Å²) in [6.45, 7) is 5.70. The van der Waals surface area contributed by atoms with Gasteiger partial charge in [0.2, 0.25) is 17.8 Å². The minimum atomic E-state index is -0.975. The van der Waals surface area contributed by atoms with E-state index in [9.17, 15) is 29.1 Å². The Morgan fingerprint density at radius 2 is 1.62 bits per heavy atom. The molecule has 16 nitrogen and oxygen atoms in total. The lowest BCUT2D eigenvalue weighted by Gasteiger charge is -2.34. The van der Waals surface area contributed by atoms with Gasteiger partial charge < -0.3 is 30.9 Å². The van der Waals surface area contributed by atoms with Crippen molar-refractivity contribution in [1.29, 1.82) is 0 Å². The molecule has 16 heteroatoms. The number of primary amides is 1. The molecule has 5 aliphatic rings. The number of nitrogens with zero attached hydrogens (tertiary/aromatic N) is 7. The molecule has 5 amide bonds. The van der Waals surface area contributed by atoms with Crippen molar-refractivity contribution < 1.29 is 29.1 Å². The van der Waals surface area contributed by atoms with Crippen molar-refractivity contribution in [3.63, 3.8) is 0 Å². The third-order valence-corrected chi connectivity index (χ3v) is 11.2. The van der Waals surface area contributed by atoms with Crippen molar-refractivity contribution in [3.05, 3.63) is 64.8 Å². The number of benzene rings is 2. The molecule has 5 N–H and O–H groups in total. The average molecular weight is 723 g/mol. The number of nitrogens with two attached hydrogens (primary N) is 1. The second kappa shape index (κ2) is 14.2. The zero-order valence-electron chi connectivity index (χ0n) is 29.2. The molecule has 4 saturated heterocycles. The maximum atomic E-state index is 13.3. The molecule has 0 aliphatic carbocycles. The zero-order valence-corrected chi connectivity index (χ0v) is 29.2. The summed E-state index contributed by atoms with van der Waals surface area (Å²) >= 11 is 0. The molecule has 0 bridgehead atoms. The summed E-state index contributed by atoms with van der Waals surface area (Å²) in [5, 5.41) is 23.4. The highest BCUT2D eigenvalue weighted by Gasteiger charge is 2.45. The van der Waals surface area contributed by atoms with Crippen molar-refractivity contribution in [2.24, 2.45) is 11.7 Å². The fourth-order valence-electron chi connectivity index (χ4n) is 8.29. The van der Waals surface area contributed by atoms with Crippen LogP contribution in [0, 0.1) is 5.92 Å². The number of nitrogens with one attached hydrogen (secondary N) is 2. The summed E-state index contributed by atoms with van der Waals surface area (Å²) in [6.07, 6.45) is 3.50. The van der Waals surface area contributed by atoms with Gasteiger partial charge in [-0.1, -0.05) is 12.1 Å². The first-order valence-corrected chi connectivity index (χ1v) is 18.3. The van der Waals surface area contributed by atoms with Crippen LogP contribution in [0.15, 0.2) is 42.5 Å². The number of imide groups is 2. The Hall–Kier alpha value is -5.48. The molecule has 8 rings (SSSR count). The first-order chi connectivity index (χ1) is 25.6. The van der Waals surface area contributed by atoms with Crippen molar-refractivity contribution in [3.8, 4) is 0 Å². The number of anilines is 4. The van der Waals surface area contributed by atoms with Crippen LogP contribution in [-0.2, 0) is 9.59 Å². The topological polar surface area (TPSA) is 207 Å². The molecule has 3 atom stereocenters. The van der Waals surface area contributed by atoms with Gasteiger partial charge in [-0.2, -0.15) is 4.98 Å². The maximum absolute atomic E-state index is 13.3. The molecule has 2 aromatic carbocycles. The van der Waals surface area contributed by atoms with Crippen LogP contribution in [0.25, 0.3) is 0 Å². The highest BCUT2D eigenvalue weighted by molar-refractivity contribution is 6.23. The predicted molar refractivity (Wildman–Crippen MR) is 193 cm³/mol. The number of hydrogen-bond acceptors (Lipinski definition) is 13. The lowest BCUT2D eigenvalue weighted by Crippen LogP contribution is -2.54. The van der Waals surface area contributed by atoms with E-state index in [1.165, 1.54) is 5.56 Å². The first kappa shape index (κ1) is 34.6. The highest BCUT2D eigenvalue weighted by atomic mass is 16.3. The van der Waals surface area contributed by atoms with Gasteiger partial charge in [0, 0.05) is 50.5 Å². The molecule has 276 valence electrons. The molecule has 3 aromatic rings. The van der Waals surface area contributed by atoms with Crippen LogP contribution in [0.5, 0.6) is 0 Å². The van der Waals surface area contributed by atoms with Crippen molar-refractivity contribution in [2.45, 2.75) is 56.6 Å². The number of aliphatic hydroxyl groups is 1. The Morgan fingerprint density at radius 1 is 0.868 bits per heavy atom. The molecule has 53 heavy (non-hydrogen) atoms. The fraction of sp³-hybridized carbons (Fsp3) is 0.459. The predicted octanol–water partition coefficient (Wildman–Crippen LogP) is 1.39. The lowest BCUT2D eigenvalue weighted by molar-refractivity contribution is -0.136. The molecule has 0 saturated carbocycles. The second-order valence-corrected chi connectivity index (χ2v) is 14.7. The summed E-state index contributed by atoms with van der Waals surface area (Å²) < 4.78 is 0. The fourth-order valence-corrected chi connectivity index (χ4v) is 8.29. The molecular weight excluding hydrogens is 680 g/mol. The van der Waals surface area contributed by atoms with Crippen LogP contribution in [0.1, 0.15) is 81.2 Å². The standard InChI is InChI=1S/C37H42N10O6/c38-32(50)31-33(41-37(43-42-31)46-16-12-26(48)20-46)39-24-3-1-22(2-4-24)23-10-13-44(14-11-23)18-21-9-15-45(19-21)25-5-6-27-28(17-25)36(53)47(35(27)52)29-7-8-30(49)40-34(29)51/h1-6,17,21,23,26,29,48H,7-16,18-20H2,(H2,38,50)(H,39,41,43)(H,40,49,51)/t21?,26-,29?/m1/s1. The van der Waals surface area contributed by atoms with E-state index < -0.39 is 41.7 Å². The Balaban J connectivity index is 0.835. The minimum Gasteiger partial charge on any atom is -0.391 e. The quantitative estimate of drug-likeness (QED) is 0.231. The summed E-state index contributed by atoms with van der Waals surface area (Å²) in [4.78, 5) is 74.7. The number of rotatable bonds is 9. The van der Waals surface area contributed by atoms with E-state index in [1.54, 1.807) is 12.1 Å². The van der Waals surface area contributed by atoms with E-state index in [0.717, 1.165) is 68.3 Å². The maximum Gasteiger partial charge on any atom is 0.273 e. The average Bonchev–Trinajstić information content (AvgIpc) is 3.87. The number of hydrogen-bond donors (Lipinski definition) is 4. The molecule has 6 heterocycles. The summed E-state index contributed by atoms with van der Waals surface area (Å²) in [5.41, 5.74) is 9.00. The van der Waals surface area contributed by atoms with E-state index in [4.69, 9.17) is 5.73 Å². The Morgan fingerprint density at radius 3 is 2.34 bits per heavy atom.